The molecule has 0 saturated carbocycles. The summed E-state index contributed by atoms with van der Waals surface area (Å²) in [6, 6.07) is 14.1. The zero-order valence-corrected chi connectivity index (χ0v) is 11.8. The van der Waals surface area contributed by atoms with Gasteiger partial charge in [-0.1, -0.05) is 12.1 Å². The molecule has 0 aliphatic rings. The highest BCUT2D eigenvalue weighted by molar-refractivity contribution is 5.93. The molecule has 0 spiro atoms. The molecule has 1 aromatic heterocycles. The van der Waals surface area contributed by atoms with E-state index in [0.29, 0.717) is 16.7 Å². The lowest BCUT2D eigenvalue weighted by Gasteiger charge is -2.12. The van der Waals surface area contributed by atoms with Gasteiger partial charge < -0.3 is 14.4 Å². The molecule has 3 aromatic rings. The molecule has 2 aromatic carbocycles. The number of rotatable bonds is 3. The van der Waals surface area contributed by atoms with Crippen LogP contribution in [0.4, 0.5) is 0 Å². The summed E-state index contributed by atoms with van der Waals surface area (Å²) in [5, 5.41) is 9.62. The predicted molar refractivity (Wildman–Crippen MR) is 83.1 cm³/mol. The first-order valence-corrected chi connectivity index (χ1v) is 6.64. The first kappa shape index (κ1) is 13.9. The van der Waals surface area contributed by atoms with Crippen LogP contribution in [0.3, 0.4) is 0 Å². The molecule has 0 radical (unpaired) electrons. The quantitative estimate of drug-likeness (QED) is 0.806. The molecule has 5 nitrogen and oxygen atoms in total. The van der Waals surface area contributed by atoms with E-state index < -0.39 is 11.4 Å². The number of hydrogen-bond donors (Lipinski definition) is 1. The SMILES string of the molecule is COc1ccc(-n2cc(C(=O)O)c(=O)c3ccccc32)cc1. The Morgan fingerprint density at radius 1 is 1.09 bits per heavy atom. The van der Waals surface area contributed by atoms with E-state index in [-0.39, 0.29) is 5.56 Å². The van der Waals surface area contributed by atoms with Crippen LogP contribution in [-0.4, -0.2) is 22.8 Å². The second kappa shape index (κ2) is 5.37. The van der Waals surface area contributed by atoms with Gasteiger partial charge in [0.25, 0.3) is 0 Å². The highest BCUT2D eigenvalue weighted by Crippen LogP contribution is 2.20. The van der Waals surface area contributed by atoms with Crippen LogP contribution in [0, 0.1) is 0 Å². The van der Waals surface area contributed by atoms with Gasteiger partial charge in [0.2, 0.25) is 5.43 Å². The van der Waals surface area contributed by atoms with Crippen molar-refractivity contribution < 1.29 is 14.6 Å². The van der Waals surface area contributed by atoms with Crippen LogP contribution in [-0.2, 0) is 0 Å². The Morgan fingerprint density at radius 2 is 1.77 bits per heavy atom. The Hall–Kier alpha value is -3.08. The summed E-state index contributed by atoms with van der Waals surface area (Å²) in [5.41, 5.74) is 0.671. The average molecular weight is 295 g/mol. The van der Waals surface area contributed by atoms with Gasteiger partial charge in [-0.05, 0) is 36.4 Å². The third-order valence-electron chi connectivity index (χ3n) is 3.49. The van der Waals surface area contributed by atoms with Crippen LogP contribution in [0.25, 0.3) is 16.6 Å². The fourth-order valence-corrected chi connectivity index (χ4v) is 2.39. The molecule has 110 valence electrons. The monoisotopic (exact) mass is 295 g/mol. The lowest BCUT2D eigenvalue weighted by molar-refractivity contribution is 0.0695. The number of nitrogens with zero attached hydrogens (tertiary/aromatic N) is 1. The molecule has 22 heavy (non-hydrogen) atoms. The lowest BCUT2D eigenvalue weighted by Crippen LogP contribution is -2.18. The fourth-order valence-electron chi connectivity index (χ4n) is 2.39. The van der Waals surface area contributed by atoms with Crippen molar-refractivity contribution in [1.82, 2.24) is 4.57 Å². The third-order valence-corrected chi connectivity index (χ3v) is 3.49. The van der Waals surface area contributed by atoms with Crippen molar-refractivity contribution in [3.8, 4) is 11.4 Å². The standard InChI is InChI=1S/C17H13NO4/c1-22-12-8-6-11(7-9-12)18-10-14(17(20)21)16(19)13-4-2-3-5-15(13)18/h2-10H,1H3,(H,20,21). The molecule has 1 heterocycles. The van der Waals surface area contributed by atoms with Gasteiger partial charge in [-0.25, -0.2) is 4.79 Å². The van der Waals surface area contributed by atoms with Crippen molar-refractivity contribution in [2.45, 2.75) is 0 Å². The summed E-state index contributed by atoms with van der Waals surface area (Å²) in [6.07, 6.45) is 1.36. The maximum Gasteiger partial charge on any atom is 0.341 e. The van der Waals surface area contributed by atoms with Gasteiger partial charge in [-0.15, -0.1) is 0 Å². The number of para-hydroxylation sites is 1. The molecule has 0 bridgehead atoms. The zero-order valence-electron chi connectivity index (χ0n) is 11.8. The van der Waals surface area contributed by atoms with E-state index in [2.05, 4.69) is 0 Å². The highest BCUT2D eigenvalue weighted by Gasteiger charge is 2.14. The van der Waals surface area contributed by atoms with E-state index >= 15 is 0 Å². The normalized spacial score (nSPS) is 10.6. The van der Waals surface area contributed by atoms with Crippen LogP contribution in [0.2, 0.25) is 0 Å². The van der Waals surface area contributed by atoms with E-state index in [0.717, 1.165) is 5.69 Å². The smallest absolute Gasteiger partial charge is 0.341 e. The number of carboxylic acids is 1. The van der Waals surface area contributed by atoms with Gasteiger partial charge in [0.15, 0.2) is 0 Å². The molecule has 0 amide bonds. The summed E-state index contributed by atoms with van der Waals surface area (Å²) in [6.45, 7) is 0. The van der Waals surface area contributed by atoms with Gasteiger partial charge in [-0.3, -0.25) is 4.79 Å². The zero-order chi connectivity index (χ0) is 15.7. The Kier molecular flexibility index (Phi) is 3.39. The molecule has 0 aliphatic carbocycles. The molecule has 0 aliphatic heterocycles. The Balaban J connectivity index is 2.34. The Bertz CT molecular complexity index is 910. The number of hydrogen-bond acceptors (Lipinski definition) is 3. The summed E-state index contributed by atoms with van der Waals surface area (Å²) in [4.78, 5) is 23.6. The van der Waals surface area contributed by atoms with Gasteiger partial charge in [0.1, 0.15) is 11.3 Å². The number of fused-ring (bicyclic) bond motifs is 1. The van der Waals surface area contributed by atoms with Crippen LogP contribution in [0.1, 0.15) is 10.4 Å². The maximum absolute atomic E-state index is 12.2. The van der Waals surface area contributed by atoms with E-state index in [4.69, 9.17) is 4.74 Å². The topological polar surface area (TPSA) is 68.5 Å². The minimum Gasteiger partial charge on any atom is -0.497 e. The number of methoxy groups -OCH3 is 1. The van der Waals surface area contributed by atoms with Crippen molar-refractivity contribution in [2.75, 3.05) is 7.11 Å². The molecule has 5 heteroatoms. The van der Waals surface area contributed by atoms with Gasteiger partial charge in [0, 0.05) is 17.3 Å². The average Bonchev–Trinajstić information content (AvgIpc) is 2.55. The molecule has 0 unspecified atom stereocenters. The van der Waals surface area contributed by atoms with Gasteiger partial charge >= 0.3 is 5.97 Å². The first-order valence-electron chi connectivity index (χ1n) is 6.64. The van der Waals surface area contributed by atoms with E-state index in [1.165, 1.54) is 6.20 Å². The lowest BCUT2D eigenvalue weighted by atomic mass is 10.1. The molecule has 0 saturated heterocycles. The number of benzene rings is 2. The summed E-state index contributed by atoms with van der Waals surface area (Å²) >= 11 is 0. The summed E-state index contributed by atoms with van der Waals surface area (Å²) < 4.78 is 6.81. The summed E-state index contributed by atoms with van der Waals surface area (Å²) in [5.74, 6) is -0.537. The minimum atomic E-state index is -1.24. The Morgan fingerprint density at radius 3 is 2.41 bits per heavy atom. The van der Waals surface area contributed by atoms with Crippen molar-refractivity contribution in [3.63, 3.8) is 0 Å². The van der Waals surface area contributed by atoms with Crippen molar-refractivity contribution in [1.29, 1.82) is 0 Å². The first-order chi connectivity index (χ1) is 10.6. The van der Waals surface area contributed by atoms with Crippen LogP contribution in [0.15, 0.2) is 59.5 Å². The predicted octanol–water partition coefficient (Wildman–Crippen LogP) is 2.70. The third kappa shape index (κ3) is 2.22. The minimum absolute atomic E-state index is 0.255. The number of aromatic carboxylic acids is 1. The van der Waals surface area contributed by atoms with Crippen molar-refractivity contribution in [2.24, 2.45) is 0 Å². The number of carbonyl (C=O) groups is 1. The van der Waals surface area contributed by atoms with Crippen molar-refractivity contribution in [3.05, 3.63) is 70.5 Å². The molecule has 3 rings (SSSR count). The molecular weight excluding hydrogens is 282 g/mol. The largest absolute Gasteiger partial charge is 0.497 e. The van der Waals surface area contributed by atoms with Crippen LogP contribution >= 0.6 is 0 Å². The van der Waals surface area contributed by atoms with E-state index in [1.54, 1.807) is 54.1 Å². The second-order valence-electron chi connectivity index (χ2n) is 4.76. The molecule has 0 atom stereocenters. The van der Waals surface area contributed by atoms with Crippen molar-refractivity contribution >= 4 is 16.9 Å². The summed E-state index contributed by atoms with van der Waals surface area (Å²) in [7, 11) is 1.58. The maximum atomic E-state index is 12.2. The van der Waals surface area contributed by atoms with Gasteiger partial charge in [0.05, 0.1) is 12.6 Å². The molecule has 1 N–H and O–H groups in total. The Labute approximate surface area is 126 Å². The van der Waals surface area contributed by atoms with Gasteiger partial charge in [-0.2, -0.15) is 0 Å². The molecule has 0 fully saturated rings. The number of aromatic nitrogens is 1. The highest BCUT2D eigenvalue weighted by atomic mass is 16.5. The van der Waals surface area contributed by atoms with Crippen LogP contribution < -0.4 is 10.2 Å². The fraction of sp³-hybridized carbons (Fsp3) is 0.0588. The van der Waals surface area contributed by atoms with Crippen LogP contribution in [0.5, 0.6) is 5.75 Å². The second-order valence-corrected chi connectivity index (χ2v) is 4.76. The van der Waals surface area contributed by atoms with E-state index in [9.17, 15) is 14.7 Å². The number of pyridine rings is 1. The number of carboxylic acid groups (broad SMARTS) is 1. The van der Waals surface area contributed by atoms with E-state index in [1.807, 2.05) is 6.07 Å². The molecular formula is C17H13NO4. The number of ether oxygens (including phenoxy) is 1.